The summed E-state index contributed by atoms with van der Waals surface area (Å²) in [5.74, 6) is -0.254. The van der Waals surface area contributed by atoms with Crippen LogP contribution < -0.4 is 0 Å². The summed E-state index contributed by atoms with van der Waals surface area (Å²) in [5.41, 5.74) is 1.69. The van der Waals surface area contributed by atoms with Crippen LogP contribution in [0, 0.1) is 0 Å². The molecule has 1 aromatic rings. The van der Waals surface area contributed by atoms with Gasteiger partial charge in [-0.05, 0) is 18.4 Å². The largest absolute Gasteiger partial charge is 0.454 e. The molecule has 0 radical (unpaired) electrons. The molecule has 1 aliphatic rings. The lowest BCUT2D eigenvalue weighted by Gasteiger charge is -2.07. The number of cyclic esters (lactones) is 1. The Kier molecular flexibility index (Phi) is 5.03. The highest BCUT2D eigenvalue weighted by Gasteiger charge is 2.31. The van der Waals surface area contributed by atoms with E-state index in [0.717, 1.165) is 31.2 Å². The lowest BCUT2D eigenvalue weighted by Crippen LogP contribution is -1.99. The number of hydrogen-bond donors (Lipinski definition) is 0. The van der Waals surface area contributed by atoms with Crippen LogP contribution >= 0.6 is 11.6 Å². The number of hydrogen-bond acceptors (Lipinski definition) is 2. The minimum absolute atomic E-state index is 0.177. The second-order valence-corrected chi connectivity index (χ2v) is 5.31. The van der Waals surface area contributed by atoms with Gasteiger partial charge in [0.2, 0.25) is 0 Å². The van der Waals surface area contributed by atoms with Crippen molar-refractivity contribution < 1.29 is 9.53 Å². The maximum atomic E-state index is 11.9. The molecule has 2 rings (SSSR count). The van der Waals surface area contributed by atoms with Gasteiger partial charge in [0, 0.05) is 11.5 Å². The van der Waals surface area contributed by atoms with Gasteiger partial charge in [-0.2, -0.15) is 0 Å². The first-order valence-corrected chi connectivity index (χ1v) is 7.23. The maximum Gasteiger partial charge on any atom is 0.335 e. The summed E-state index contributed by atoms with van der Waals surface area (Å²) in [7, 11) is 0. The van der Waals surface area contributed by atoms with Crippen LogP contribution in [-0.2, 0) is 9.53 Å². The third-order valence-electron chi connectivity index (χ3n) is 3.38. The zero-order chi connectivity index (χ0) is 13.7. The van der Waals surface area contributed by atoms with E-state index < -0.39 is 0 Å². The first kappa shape index (κ1) is 14.1. The van der Waals surface area contributed by atoms with Crippen LogP contribution in [-0.4, -0.2) is 5.97 Å². The van der Waals surface area contributed by atoms with Gasteiger partial charge in [-0.1, -0.05) is 61.7 Å². The van der Waals surface area contributed by atoms with E-state index in [2.05, 4.69) is 6.92 Å². The molecule has 102 valence electrons. The highest BCUT2D eigenvalue weighted by Crippen LogP contribution is 2.36. The van der Waals surface area contributed by atoms with Gasteiger partial charge in [0.05, 0.1) is 5.57 Å². The van der Waals surface area contributed by atoms with Crippen LogP contribution in [0.2, 0.25) is 0 Å². The van der Waals surface area contributed by atoms with Crippen molar-refractivity contribution in [2.75, 3.05) is 0 Å². The summed E-state index contributed by atoms with van der Waals surface area (Å²) in [4.78, 5) is 11.9. The Morgan fingerprint density at radius 1 is 1.32 bits per heavy atom. The fraction of sp³-hybridized carbons (Fsp3) is 0.438. The Bertz CT molecular complexity index is 465. The van der Waals surface area contributed by atoms with Crippen molar-refractivity contribution in [1.29, 1.82) is 0 Å². The van der Waals surface area contributed by atoms with Crippen molar-refractivity contribution in [1.82, 2.24) is 0 Å². The standard InChI is InChI=1S/C16H19ClO2/c1-2-3-5-10-14(17)13-11-15(19-16(13)18)12-8-6-4-7-9-12/h4,6-9,15H,2-3,5,10-11H2,1H3/b14-13+. The molecule has 0 bridgehead atoms. The van der Waals surface area contributed by atoms with Crippen LogP contribution in [0.4, 0.5) is 0 Å². The Morgan fingerprint density at radius 3 is 2.74 bits per heavy atom. The molecule has 0 amide bonds. The Hall–Kier alpha value is -1.28. The van der Waals surface area contributed by atoms with Gasteiger partial charge in [0.1, 0.15) is 6.10 Å². The molecule has 0 aromatic heterocycles. The summed E-state index contributed by atoms with van der Waals surface area (Å²) in [6.07, 6.45) is 4.51. The van der Waals surface area contributed by atoms with Crippen LogP contribution in [0.15, 0.2) is 40.9 Å². The molecule has 1 saturated heterocycles. The molecule has 3 heteroatoms. The summed E-state index contributed by atoms with van der Waals surface area (Å²) < 4.78 is 5.41. The normalized spacial score (nSPS) is 21.4. The minimum atomic E-state index is -0.254. The highest BCUT2D eigenvalue weighted by atomic mass is 35.5. The summed E-state index contributed by atoms with van der Waals surface area (Å²) in [6, 6.07) is 9.81. The lowest BCUT2D eigenvalue weighted by atomic mass is 10.0. The molecule has 1 unspecified atom stereocenters. The molecule has 0 aliphatic carbocycles. The van der Waals surface area contributed by atoms with E-state index in [1.807, 2.05) is 30.3 Å². The molecule has 0 saturated carbocycles. The Morgan fingerprint density at radius 2 is 2.05 bits per heavy atom. The third kappa shape index (κ3) is 3.60. The molecule has 1 atom stereocenters. The van der Waals surface area contributed by atoms with Crippen LogP contribution in [0.1, 0.15) is 50.7 Å². The minimum Gasteiger partial charge on any atom is -0.454 e. The number of ether oxygens (including phenoxy) is 1. The zero-order valence-corrected chi connectivity index (χ0v) is 12.0. The van der Waals surface area contributed by atoms with Crippen molar-refractivity contribution in [2.45, 2.75) is 45.1 Å². The topological polar surface area (TPSA) is 26.3 Å². The molecule has 1 heterocycles. The van der Waals surface area contributed by atoms with Crippen LogP contribution in [0.3, 0.4) is 0 Å². The number of rotatable bonds is 5. The summed E-state index contributed by atoms with van der Waals surface area (Å²) >= 11 is 6.25. The van der Waals surface area contributed by atoms with Gasteiger partial charge < -0.3 is 4.74 Å². The van der Waals surface area contributed by atoms with Crippen molar-refractivity contribution in [3.8, 4) is 0 Å². The zero-order valence-electron chi connectivity index (χ0n) is 11.2. The van der Waals surface area contributed by atoms with Gasteiger partial charge in [-0.15, -0.1) is 0 Å². The van der Waals surface area contributed by atoms with E-state index in [1.165, 1.54) is 0 Å². The molecule has 0 spiro atoms. The van der Waals surface area contributed by atoms with Crippen molar-refractivity contribution in [3.05, 3.63) is 46.5 Å². The second-order valence-electron chi connectivity index (χ2n) is 4.85. The lowest BCUT2D eigenvalue weighted by molar-refractivity contribution is -0.139. The quantitative estimate of drug-likeness (QED) is 0.441. The van der Waals surface area contributed by atoms with Gasteiger partial charge in [-0.3, -0.25) is 0 Å². The van der Waals surface area contributed by atoms with Crippen molar-refractivity contribution >= 4 is 17.6 Å². The average molecular weight is 279 g/mol. The highest BCUT2D eigenvalue weighted by molar-refractivity contribution is 6.31. The van der Waals surface area contributed by atoms with Gasteiger partial charge >= 0.3 is 5.97 Å². The maximum absolute atomic E-state index is 11.9. The van der Waals surface area contributed by atoms with E-state index in [1.54, 1.807) is 0 Å². The second kappa shape index (κ2) is 6.76. The van der Waals surface area contributed by atoms with Crippen LogP contribution in [0.5, 0.6) is 0 Å². The molecule has 1 aromatic carbocycles. The van der Waals surface area contributed by atoms with E-state index in [-0.39, 0.29) is 12.1 Å². The first-order chi connectivity index (χ1) is 9.22. The predicted octanol–water partition coefficient (Wildman–Crippen LogP) is 4.75. The van der Waals surface area contributed by atoms with Crippen molar-refractivity contribution in [3.63, 3.8) is 0 Å². The van der Waals surface area contributed by atoms with E-state index in [9.17, 15) is 4.79 Å². The number of carbonyl (C=O) groups is 1. The number of halogens is 1. The predicted molar refractivity (Wildman–Crippen MR) is 76.9 cm³/mol. The number of benzene rings is 1. The molecule has 1 fully saturated rings. The number of carbonyl (C=O) groups excluding carboxylic acids is 1. The van der Waals surface area contributed by atoms with Gasteiger partial charge in [0.15, 0.2) is 0 Å². The number of allylic oxidation sites excluding steroid dienone is 1. The molecule has 2 nitrogen and oxygen atoms in total. The Labute approximate surface area is 119 Å². The average Bonchev–Trinajstić information content (AvgIpc) is 2.82. The molecule has 19 heavy (non-hydrogen) atoms. The fourth-order valence-electron chi connectivity index (χ4n) is 2.27. The van der Waals surface area contributed by atoms with E-state index >= 15 is 0 Å². The summed E-state index contributed by atoms with van der Waals surface area (Å²) in [5, 5.41) is 0.678. The van der Waals surface area contributed by atoms with E-state index in [4.69, 9.17) is 16.3 Å². The van der Waals surface area contributed by atoms with Gasteiger partial charge in [-0.25, -0.2) is 4.79 Å². The van der Waals surface area contributed by atoms with Gasteiger partial charge in [0.25, 0.3) is 0 Å². The van der Waals surface area contributed by atoms with E-state index in [0.29, 0.717) is 17.0 Å². The number of esters is 1. The van der Waals surface area contributed by atoms with Crippen LogP contribution in [0.25, 0.3) is 0 Å². The van der Waals surface area contributed by atoms with Crippen molar-refractivity contribution in [2.24, 2.45) is 0 Å². The monoisotopic (exact) mass is 278 g/mol. The number of unbranched alkanes of at least 4 members (excludes halogenated alkanes) is 2. The first-order valence-electron chi connectivity index (χ1n) is 6.85. The summed E-state index contributed by atoms with van der Waals surface area (Å²) in [6.45, 7) is 2.15. The smallest absolute Gasteiger partial charge is 0.335 e. The molecule has 0 N–H and O–H groups in total. The third-order valence-corrected chi connectivity index (χ3v) is 3.80. The fourth-order valence-corrected chi connectivity index (χ4v) is 2.55. The molecular formula is C16H19ClO2. The Balaban J connectivity index is 2.05. The SMILES string of the molecule is CCCCC/C(Cl)=C1/CC(c2ccccc2)OC1=O. The molecule has 1 aliphatic heterocycles. The molecular weight excluding hydrogens is 260 g/mol.